The molecule has 1 aliphatic carbocycles. The van der Waals surface area contributed by atoms with Crippen LogP contribution in [-0.2, 0) is 14.8 Å². The number of carbonyl (C=O) groups excluding carboxylic acids is 1. The SMILES string of the molecule is CS(=O)(=O)NC1CCN(C(=O)C2CCC2)C1CC1C#CSC(c2ccccc2)=N1. The van der Waals surface area contributed by atoms with Gasteiger partial charge in [0.05, 0.1) is 12.3 Å². The van der Waals surface area contributed by atoms with E-state index in [1.54, 1.807) is 0 Å². The Bertz CT molecular complexity index is 962. The van der Waals surface area contributed by atoms with E-state index >= 15 is 0 Å². The Morgan fingerprint density at radius 1 is 1.28 bits per heavy atom. The highest BCUT2D eigenvalue weighted by Gasteiger charge is 2.42. The van der Waals surface area contributed by atoms with Crippen LogP contribution in [0, 0.1) is 17.1 Å². The highest BCUT2D eigenvalue weighted by molar-refractivity contribution is 8.18. The van der Waals surface area contributed by atoms with Gasteiger partial charge in [-0.2, -0.15) is 0 Å². The van der Waals surface area contributed by atoms with Crippen molar-refractivity contribution in [1.29, 1.82) is 0 Å². The van der Waals surface area contributed by atoms with E-state index in [1.165, 1.54) is 18.0 Å². The Kier molecular flexibility index (Phi) is 6.00. The predicted molar refractivity (Wildman–Crippen MR) is 116 cm³/mol. The van der Waals surface area contributed by atoms with Crippen molar-refractivity contribution in [2.45, 2.75) is 50.2 Å². The van der Waals surface area contributed by atoms with E-state index in [0.717, 1.165) is 29.9 Å². The lowest BCUT2D eigenvalue weighted by Crippen LogP contribution is -2.49. The van der Waals surface area contributed by atoms with E-state index in [9.17, 15) is 13.2 Å². The quantitative estimate of drug-likeness (QED) is 0.701. The third-order valence-electron chi connectivity index (χ3n) is 5.78. The van der Waals surface area contributed by atoms with Crippen LogP contribution in [0.5, 0.6) is 0 Å². The summed E-state index contributed by atoms with van der Waals surface area (Å²) in [7, 11) is -3.36. The molecule has 3 unspecified atom stereocenters. The molecule has 1 N–H and O–H groups in total. The lowest BCUT2D eigenvalue weighted by molar-refractivity contribution is -0.139. The van der Waals surface area contributed by atoms with Gasteiger partial charge in [-0.25, -0.2) is 13.1 Å². The molecule has 2 fully saturated rings. The lowest BCUT2D eigenvalue weighted by atomic mass is 9.84. The summed E-state index contributed by atoms with van der Waals surface area (Å²) in [6.07, 6.45) is 5.29. The lowest BCUT2D eigenvalue weighted by Gasteiger charge is -2.35. The molecule has 0 spiro atoms. The molecule has 3 aliphatic rings. The molecule has 1 amide bonds. The number of sulfonamides is 1. The molecule has 1 aromatic carbocycles. The average Bonchev–Trinajstić information content (AvgIpc) is 3.02. The van der Waals surface area contributed by atoms with E-state index < -0.39 is 10.0 Å². The van der Waals surface area contributed by atoms with E-state index in [0.29, 0.717) is 19.4 Å². The van der Waals surface area contributed by atoms with Gasteiger partial charge in [0.2, 0.25) is 15.9 Å². The summed E-state index contributed by atoms with van der Waals surface area (Å²) in [4.78, 5) is 19.6. The summed E-state index contributed by atoms with van der Waals surface area (Å²) < 4.78 is 26.5. The zero-order valence-electron chi connectivity index (χ0n) is 16.4. The van der Waals surface area contributed by atoms with Gasteiger partial charge < -0.3 is 4.90 Å². The first kappa shape index (κ1) is 20.5. The Hall–Kier alpha value is -1.82. The molecule has 29 heavy (non-hydrogen) atoms. The van der Waals surface area contributed by atoms with E-state index in [1.807, 2.05) is 35.2 Å². The maximum absolute atomic E-state index is 12.9. The van der Waals surface area contributed by atoms with Crippen molar-refractivity contribution < 1.29 is 13.2 Å². The Morgan fingerprint density at radius 2 is 2.03 bits per heavy atom. The maximum Gasteiger partial charge on any atom is 0.225 e. The van der Waals surface area contributed by atoms with Gasteiger partial charge in [-0.15, -0.1) is 0 Å². The van der Waals surface area contributed by atoms with Crippen LogP contribution in [0.15, 0.2) is 35.3 Å². The van der Waals surface area contributed by atoms with E-state index in [2.05, 4.69) is 15.9 Å². The fraction of sp³-hybridized carbons (Fsp3) is 0.524. The van der Waals surface area contributed by atoms with Crippen molar-refractivity contribution in [2.24, 2.45) is 10.9 Å². The molecule has 4 rings (SSSR count). The standard InChI is InChI=1S/C21H25N3O3S2/c1-29(26,27)23-18-10-12-24(21(25)16-8-5-9-16)19(18)14-17-11-13-28-20(22-17)15-6-3-2-4-7-15/h2-4,6-7,16-19,23H,5,8-10,12,14H2,1H3. The van der Waals surface area contributed by atoms with Gasteiger partial charge in [0.1, 0.15) is 11.1 Å². The Balaban J connectivity index is 1.55. The normalized spacial score (nSPS) is 27.0. The van der Waals surface area contributed by atoms with Crippen molar-refractivity contribution in [3.8, 4) is 11.2 Å². The minimum Gasteiger partial charge on any atom is -0.338 e. The molecule has 0 aromatic heterocycles. The van der Waals surface area contributed by atoms with Crippen molar-refractivity contribution in [3.05, 3.63) is 35.9 Å². The number of amides is 1. The van der Waals surface area contributed by atoms with Gasteiger partial charge in [0, 0.05) is 30.5 Å². The fourth-order valence-electron chi connectivity index (χ4n) is 4.12. The molecule has 1 saturated carbocycles. The molecule has 2 heterocycles. The molecule has 0 bridgehead atoms. The number of likely N-dealkylation sites (tertiary alicyclic amines) is 1. The fourth-order valence-corrected chi connectivity index (χ4v) is 5.67. The summed E-state index contributed by atoms with van der Waals surface area (Å²) in [5.41, 5.74) is 1.02. The Labute approximate surface area is 176 Å². The van der Waals surface area contributed by atoms with Gasteiger partial charge in [-0.3, -0.25) is 9.79 Å². The van der Waals surface area contributed by atoms with E-state index in [-0.39, 0.29) is 30.0 Å². The van der Waals surface area contributed by atoms with Gasteiger partial charge in [0.15, 0.2) is 0 Å². The maximum atomic E-state index is 12.9. The van der Waals surface area contributed by atoms with Crippen molar-refractivity contribution >= 4 is 32.7 Å². The molecule has 154 valence electrons. The first-order chi connectivity index (χ1) is 13.9. The molecule has 1 saturated heterocycles. The number of hydrogen-bond acceptors (Lipinski definition) is 5. The second kappa shape index (κ2) is 8.50. The number of benzene rings is 1. The van der Waals surface area contributed by atoms with Crippen LogP contribution in [0.2, 0.25) is 0 Å². The molecule has 2 aliphatic heterocycles. The highest BCUT2D eigenvalue weighted by Crippen LogP contribution is 2.33. The topological polar surface area (TPSA) is 78.8 Å². The first-order valence-electron chi connectivity index (χ1n) is 9.99. The van der Waals surface area contributed by atoms with Gasteiger partial charge in [-0.05, 0) is 36.3 Å². The minimum atomic E-state index is -3.36. The zero-order valence-corrected chi connectivity index (χ0v) is 18.0. The molecule has 0 radical (unpaired) electrons. The largest absolute Gasteiger partial charge is 0.338 e. The minimum absolute atomic E-state index is 0.0888. The second-order valence-electron chi connectivity index (χ2n) is 7.91. The summed E-state index contributed by atoms with van der Waals surface area (Å²) in [5, 5.41) is 3.98. The smallest absolute Gasteiger partial charge is 0.225 e. The summed E-state index contributed by atoms with van der Waals surface area (Å²) in [6, 6.07) is 9.15. The van der Waals surface area contributed by atoms with Crippen LogP contribution in [0.3, 0.4) is 0 Å². The summed E-state index contributed by atoms with van der Waals surface area (Å²) >= 11 is 1.41. The number of nitrogens with zero attached hydrogens (tertiary/aromatic N) is 2. The third kappa shape index (κ3) is 4.85. The second-order valence-corrected chi connectivity index (χ2v) is 10.5. The predicted octanol–water partition coefficient (Wildman–Crippen LogP) is 2.22. The van der Waals surface area contributed by atoms with Crippen molar-refractivity contribution in [1.82, 2.24) is 9.62 Å². The number of aliphatic imine (C=N–C) groups is 1. The molecule has 6 nitrogen and oxygen atoms in total. The van der Waals surface area contributed by atoms with Crippen LogP contribution in [0.25, 0.3) is 0 Å². The molecule has 3 atom stereocenters. The highest BCUT2D eigenvalue weighted by atomic mass is 32.2. The molecule has 1 aromatic rings. The average molecular weight is 432 g/mol. The van der Waals surface area contributed by atoms with Crippen LogP contribution >= 0.6 is 11.8 Å². The van der Waals surface area contributed by atoms with Crippen molar-refractivity contribution in [2.75, 3.05) is 12.8 Å². The van der Waals surface area contributed by atoms with Crippen LogP contribution in [0.1, 0.15) is 37.7 Å². The molecular formula is C21H25N3O3S2. The van der Waals surface area contributed by atoms with Crippen LogP contribution < -0.4 is 4.72 Å². The number of rotatable bonds is 6. The first-order valence-corrected chi connectivity index (χ1v) is 12.7. The molecule has 8 heteroatoms. The number of carbonyl (C=O) groups is 1. The number of nitrogens with one attached hydrogen (secondary N) is 1. The monoisotopic (exact) mass is 431 g/mol. The van der Waals surface area contributed by atoms with Gasteiger partial charge in [-0.1, -0.05) is 42.7 Å². The Morgan fingerprint density at radius 3 is 2.69 bits per heavy atom. The number of hydrogen-bond donors (Lipinski definition) is 1. The van der Waals surface area contributed by atoms with Gasteiger partial charge >= 0.3 is 0 Å². The van der Waals surface area contributed by atoms with Crippen molar-refractivity contribution in [3.63, 3.8) is 0 Å². The number of thioether (sulfide) groups is 1. The van der Waals surface area contributed by atoms with Crippen LogP contribution in [0.4, 0.5) is 0 Å². The summed E-state index contributed by atoms with van der Waals surface area (Å²) in [5.74, 6) is 3.40. The van der Waals surface area contributed by atoms with E-state index in [4.69, 9.17) is 4.99 Å². The molecular weight excluding hydrogens is 406 g/mol. The third-order valence-corrected chi connectivity index (χ3v) is 7.27. The van der Waals surface area contributed by atoms with Crippen LogP contribution in [-0.4, -0.2) is 55.2 Å². The van der Waals surface area contributed by atoms with Gasteiger partial charge in [0.25, 0.3) is 0 Å². The summed E-state index contributed by atoms with van der Waals surface area (Å²) in [6.45, 7) is 0.581. The zero-order chi connectivity index (χ0) is 20.4.